The second-order valence-corrected chi connectivity index (χ2v) is 5.53. The number of likely N-dealkylation sites (N-methyl/N-ethyl adjacent to an activating group) is 1. The average Bonchev–Trinajstić information content (AvgIpc) is 2.36. The van der Waals surface area contributed by atoms with Gasteiger partial charge in [-0.1, -0.05) is 28.1 Å². The van der Waals surface area contributed by atoms with Crippen LogP contribution in [0.4, 0.5) is 0 Å². The fourth-order valence-corrected chi connectivity index (χ4v) is 2.48. The Morgan fingerprint density at radius 2 is 2.44 bits per heavy atom. The van der Waals surface area contributed by atoms with Crippen molar-refractivity contribution < 1.29 is 4.79 Å². The number of hydrogen-bond acceptors (Lipinski definition) is 3. The minimum absolute atomic E-state index is 0.0709. The van der Waals surface area contributed by atoms with Crippen molar-refractivity contribution in [2.24, 2.45) is 0 Å². The zero-order valence-corrected chi connectivity index (χ0v) is 12.0. The van der Waals surface area contributed by atoms with E-state index in [9.17, 15) is 4.79 Å². The Balaban J connectivity index is 1.84. The summed E-state index contributed by atoms with van der Waals surface area (Å²) >= 11 is 3.42. The molecule has 1 amide bonds. The van der Waals surface area contributed by atoms with Gasteiger partial charge in [-0.25, -0.2) is 0 Å². The second-order valence-electron chi connectivity index (χ2n) is 4.62. The normalized spacial score (nSPS) is 20.7. The molecule has 4 nitrogen and oxygen atoms in total. The molecule has 5 heteroatoms. The zero-order chi connectivity index (χ0) is 13.0. The molecule has 0 bridgehead atoms. The summed E-state index contributed by atoms with van der Waals surface area (Å²) in [5.74, 6) is 0.0709. The van der Waals surface area contributed by atoms with Crippen LogP contribution in [-0.4, -0.2) is 43.5 Å². The Morgan fingerprint density at radius 3 is 3.17 bits per heavy atom. The first-order chi connectivity index (χ1) is 8.65. The lowest BCUT2D eigenvalue weighted by molar-refractivity contribution is -0.124. The summed E-state index contributed by atoms with van der Waals surface area (Å²) in [5, 5.41) is 6.20. The summed E-state index contributed by atoms with van der Waals surface area (Å²) in [6, 6.07) is 7.86. The van der Waals surface area contributed by atoms with Crippen molar-refractivity contribution in [3.63, 3.8) is 0 Å². The van der Waals surface area contributed by atoms with Gasteiger partial charge in [0.15, 0.2) is 0 Å². The number of nitrogens with zero attached hydrogens (tertiary/aromatic N) is 1. The number of rotatable bonds is 3. The third-order valence-electron chi connectivity index (χ3n) is 3.05. The number of benzene rings is 1. The molecular weight excluding hydrogens is 294 g/mol. The average molecular weight is 312 g/mol. The van der Waals surface area contributed by atoms with Gasteiger partial charge in [-0.15, -0.1) is 0 Å². The smallest absolute Gasteiger partial charge is 0.238 e. The molecule has 1 unspecified atom stereocenters. The largest absolute Gasteiger partial charge is 0.351 e. The Bertz CT molecular complexity index is 424. The van der Waals surface area contributed by atoms with E-state index >= 15 is 0 Å². The third-order valence-corrected chi connectivity index (χ3v) is 3.54. The highest BCUT2D eigenvalue weighted by Gasteiger charge is 2.22. The van der Waals surface area contributed by atoms with Crippen molar-refractivity contribution in [2.45, 2.75) is 12.6 Å². The van der Waals surface area contributed by atoms with Crippen molar-refractivity contribution in [3.05, 3.63) is 34.3 Å². The topological polar surface area (TPSA) is 44.4 Å². The molecule has 98 valence electrons. The number of hydrogen-bond donors (Lipinski definition) is 2. The minimum Gasteiger partial charge on any atom is -0.351 e. The highest BCUT2D eigenvalue weighted by atomic mass is 79.9. The molecule has 1 aromatic carbocycles. The molecule has 0 aromatic heterocycles. The van der Waals surface area contributed by atoms with Crippen molar-refractivity contribution >= 4 is 21.8 Å². The van der Waals surface area contributed by atoms with E-state index in [1.165, 1.54) is 0 Å². The second kappa shape index (κ2) is 6.31. The van der Waals surface area contributed by atoms with Gasteiger partial charge in [0, 0.05) is 30.7 Å². The van der Waals surface area contributed by atoms with Crippen LogP contribution in [-0.2, 0) is 11.3 Å². The molecule has 18 heavy (non-hydrogen) atoms. The quantitative estimate of drug-likeness (QED) is 0.874. The summed E-state index contributed by atoms with van der Waals surface area (Å²) in [5.41, 5.74) is 1.10. The summed E-state index contributed by atoms with van der Waals surface area (Å²) in [6.07, 6.45) is 0. The lowest BCUT2D eigenvalue weighted by Gasteiger charge is -2.29. The zero-order valence-electron chi connectivity index (χ0n) is 10.4. The van der Waals surface area contributed by atoms with Crippen molar-refractivity contribution in [1.82, 2.24) is 15.5 Å². The summed E-state index contributed by atoms with van der Waals surface area (Å²) in [6.45, 7) is 3.20. The van der Waals surface area contributed by atoms with Crippen LogP contribution >= 0.6 is 15.9 Å². The van der Waals surface area contributed by atoms with Crippen LogP contribution in [0.5, 0.6) is 0 Å². The van der Waals surface area contributed by atoms with Crippen LogP contribution in [0.3, 0.4) is 0 Å². The fraction of sp³-hybridized carbons (Fsp3) is 0.462. The summed E-state index contributed by atoms with van der Waals surface area (Å²) in [4.78, 5) is 14.2. The maximum absolute atomic E-state index is 12.0. The van der Waals surface area contributed by atoms with Crippen LogP contribution in [0.2, 0.25) is 0 Å². The Hall–Kier alpha value is -0.910. The first-order valence-corrected chi connectivity index (χ1v) is 6.88. The molecule has 1 aliphatic rings. The van der Waals surface area contributed by atoms with Crippen LogP contribution in [0.1, 0.15) is 5.56 Å². The molecule has 0 radical (unpaired) electrons. The van der Waals surface area contributed by atoms with Gasteiger partial charge < -0.3 is 15.5 Å². The van der Waals surface area contributed by atoms with Crippen molar-refractivity contribution in [1.29, 1.82) is 0 Å². The van der Waals surface area contributed by atoms with Gasteiger partial charge >= 0.3 is 0 Å². The lowest BCUT2D eigenvalue weighted by Crippen LogP contribution is -2.55. The van der Waals surface area contributed by atoms with E-state index in [-0.39, 0.29) is 11.9 Å². The Labute approximate surface area is 116 Å². The molecule has 0 saturated carbocycles. The molecule has 2 N–H and O–H groups in total. The van der Waals surface area contributed by atoms with Crippen LogP contribution in [0.15, 0.2) is 28.7 Å². The van der Waals surface area contributed by atoms with Gasteiger partial charge in [-0.3, -0.25) is 4.79 Å². The number of piperazine rings is 1. The van der Waals surface area contributed by atoms with Crippen LogP contribution in [0.25, 0.3) is 0 Å². The molecule has 0 spiro atoms. The van der Waals surface area contributed by atoms with Crippen LogP contribution in [0, 0.1) is 0 Å². The minimum atomic E-state index is -0.101. The number of amides is 1. The molecule has 1 atom stereocenters. The predicted molar refractivity (Wildman–Crippen MR) is 75.3 cm³/mol. The van der Waals surface area contributed by atoms with Gasteiger partial charge in [0.25, 0.3) is 0 Å². The molecule has 1 fully saturated rings. The molecule has 0 aliphatic carbocycles. The standard InChI is InChI=1S/C13H18BrN3O/c1-17-6-5-15-12(9-17)13(18)16-8-10-3-2-4-11(14)7-10/h2-4,7,12,15H,5-6,8-9H2,1H3,(H,16,18). The number of carbonyl (C=O) groups is 1. The predicted octanol–water partition coefficient (Wildman–Crippen LogP) is 0.969. The monoisotopic (exact) mass is 311 g/mol. The fourth-order valence-electron chi connectivity index (χ4n) is 2.03. The summed E-state index contributed by atoms with van der Waals surface area (Å²) in [7, 11) is 2.04. The SMILES string of the molecule is CN1CCNC(C(=O)NCc2cccc(Br)c2)C1. The third kappa shape index (κ3) is 3.80. The number of halogens is 1. The molecule has 1 aliphatic heterocycles. The van der Waals surface area contributed by atoms with E-state index < -0.39 is 0 Å². The molecule has 1 heterocycles. The number of nitrogens with one attached hydrogen (secondary N) is 2. The Morgan fingerprint density at radius 1 is 1.61 bits per heavy atom. The van der Waals surface area contributed by atoms with E-state index in [1.807, 2.05) is 31.3 Å². The first-order valence-electron chi connectivity index (χ1n) is 6.09. The van der Waals surface area contributed by atoms with Crippen LogP contribution < -0.4 is 10.6 Å². The maximum Gasteiger partial charge on any atom is 0.238 e. The van der Waals surface area contributed by atoms with Crippen molar-refractivity contribution in [3.8, 4) is 0 Å². The van der Waals surface area contributed by atoms with E-state index in [0.717, 1.165) is 29.7 Å². The summed E-state index contributed by atoms with van der Waals surface area (Å²) < 4.78 is 1.03. The van der Waals surface area contributed by atoms with E-state index in [0.29, 0.717) is 6.54 Å². The van der Waals surface area contributed by atoms with E-state index in [4.69, 9.17) is 0 Å². The first kappa shape index (κ1) is 13.5. The highest BCUT2D eigenvalue weighted by molar-refractivity contribution is 9.10. The number of carbonyl (C=O) groups excluding carboxylic acids is 1. The van der Waals surface area contributed by atoms with Gasteiger partial charge in [0.05, 0.1) is 6.04 Å². The van der Waals surface area contributed by atoms with Gasteiger partial charge in [-0.05, 0) is 24.7 Å². The molecule has 1 aromatic rings. The van der Waals surface area contributed by atoms with Gasteiger partial charge in [-0.2, -0.15) is 0 Å². The highest BCUT2D eigenvalue weighted by Crippen LogP contribution is 2.11. The molecule has 1 saturated heterocycles. The van der Waals surface area contributed by atoms with E-state index in [2.05, 4.69) is 31.5 Å². The lowest BCUT2D eigenvalue weighted by atomic mass is 10.2. The molecule has 2 rings (SSSR count). The van der Waals surface area contributed by atoms with E-state index in [1.54, 1.807) is 0 Å². The Kier molecular flexibility index (Phi) is 4.74. The maximum atomic E-state index is 12.0. The van der Waals surface area contributed by atoms with Crippen molar-refractivity contribution in [2.75, 3.05) is 26.7 Å². The van der Waals surface area contributed by atoms with Gasteiger partial charge in [0.2, 0.25) is 5.91 Å². The van der Waals surface area contributed by atoms with Gasteiger partial charge in [0.1, 0.15) is 0 Å². The molecular formula is C13H18BrN3O.